The highest BCUT2D eigenvalue weighted by molar-refractivity contribution is 4.87. The molecule has 0 aromatic heterocycles. The van der Waals surface area contributed by atoms with Gasteiger partial charge in [0.25, 0.3) is 0 Å². The van der Waals surface area contributed by atoms with Gasteiger partial charge in [-0.25, -0.2) is 0 Å². The fourth-order valence-electron chi connectivity index (χ4n) is 3.58. The Morgan fingerprint density at radius 2 is 1.83 bits per heavy atom. The van der Waals surface area contributed by atoms with E-state index in [0.29, 0.717) is 12.5 Å². The molecule has 1 aliphatic carbocycles. The molecular weight excluding hydrogens is 226 g/mol. The highest BCUT2D eigenvalue weighted by atomic mass is 16.3. The van der Waals surface area contributed by atoms with Crippen molar-refractivity contribution in [1.29, 1.82) is 0 Å². The Balaban J connectivity index is 1.92. The standard InChI is InChI=1S/C15H29NO2/c1-13-6-9-16(10-14(13)18)11-15(12-17)7-4-2-3-5-8-15/h13-14,17-18H,2-12H2,1H3. The minimum Gasteiger partial charge on any atom is -0.396 e. The van der Waals surface area contributed by atoms with Gasteiger partial charge in [-0.1, -0.05) is 32.6 Å². The zero-order chi connectivity index (χ0) is 13.0. The number of nitrogens with zero attached hydrogens (tertiary/aromatic N) is 1. The van der Waals surface area contributed by atoms with Gasteiger partial charge in [0.15, 0.2) is 0 Å². The van der Waals surface area contributed by atoms with E-state index in [1.807, 2.05) is 0 Å². The molecule has 0 aromatic rings. The Morgan fingerprint density at radius 3 is 2.39 bits per heavy atom. The normalized spacial score (nSPS) is 34.2. The molecule has 18 heavy (non-hydrogen) atoms. The number of hydrogen-bond donors (Lipinski definition) is 2. The minimum atomic E-state index is -0.180. The molecule has 1 saturated carbocycles. The highest BCUT2D eigenvalue weighted by Crippen LogP contribution is 2.36. The third-order valence-electron chi connectivity index (χ3n) is 5.06. The summed E-state index contributed by atoms with van der Waals surface area (Å²) in [4.78, 5) is 2.38. The van der Waals surface area contributed by atoms with Crippen molar-refractivity contribution >= 4 is 0 Å². The number of piperidine rings is 1. The van der Waals surface area contributed by atoms with Gasteiger partial charge in [0.1, 0.15) is 0 Å². The molecule has 2 unspecified atom stereocenters. The highest BCUT2D eigenvalue weighted by Gasteiger charge is 2.34. The maximum Gasteiger partial charge on any atom is 0.0693 e. The molecule has 0 aromatic carbocycles. The second-order valence-corrected chi connectivity index (χ2v) is 6.64. The van der Waals surface area contributed by atoms with Gasteiger partial charge in [0, 0.05) is 25.1 Å². The first kappa shape index (κ1) is 14.3. The van der Waals surface area contributed by atoms with E-state index in [4.69, 9.17) is 0 Å². The monoisotopic (exact) mass is 255 g/mol. The van der Waals surface area contributed by atoms with Crippen molar-refractivity contribution in [3.05, 3.63) is 0 Å². The van der Waals surface area contributed by atoms with Crippen molar-refractivity contribution < 1.29 is 10.2 Å². The SMILES string of the molecule is CC1CCN(CC2(CO)CCCCCC2)CC1O. The Hall–Kier alpha value is -0.120. The number of likely N-dealkylation sites (tertiary alicyclic amines) is 1. The molecule has 2 N–H and O–H groups in total. The lowest BCUT2D eigenvalue weighted by Gasteiger charge is -2.41. The molecular formula is C15H29NO2. The van der Waals surface area contributed by atoms with E-state index < -0.39 is 0 Å². The number of rotatable bonds is 3. The lowest BCUT2D eigenvalue weighted by Crippen LogP contribution is -2.48. The molecule has 0 amide bonds. The maximum absolute atomic E-state index is 9.99. The van der Waals surface area contributed by atoms with Crippen LogP contribution >= 0.6 is 0 Å². The Morgan fingerprint density at radius 1 is 1.17 bits per heavy atom. The van der Waals surface area contributed by atoms with Crippen molar-refractivity contribution in [2.75, 3.05) is 26.2 Å². The first-order valence-electron chi connectivity index (χ1n) is 7.66. The fraction of sp³-hybridized carbons (Fsp3) is 1.00. The van der Waals surface area contributed by atoms with Crippen molar-refractivity contribution in [2.45, 2.75) is 58.0 Å². The van der Waals surface area contributed by atoms with Gasteiger partial charge in [-0.3, -0.25) is 0 Å². The van der Waals surface area contributed by atoms with Crippen LogP contribution in [0.4, 0.5) is 0 Å². The predicted octanol–water partition coefficient (Wildman–Crippen LogP) is 2.02. The van der Waals surface area contributed by atoms with Crippen LogP contribution in [-0.4, -0.2) is 47.5 Å². The molecule has 2 aliphatic rings. The number of aliphatic hydroxyl groups excluding tert-OH is 2. The molecule has 3 nitrogen and oxygen atoms in total. The quantitative estimate of drug-likeness (QED) is 0.758. The molecule has 3 heteroatoms. The van der Waals surface area contributed by atoms with Crippen molar-refractivity contribution in [3.63, 3.8) is 0 Å². The molecule has 2 atom stereocenters. The van der Waals surface area contributed by atoms with E-state index in [2.05, 4.69) is 11.8 Å². The fourth-order valence-corrected chi connectivity index (χ4v) is 3.58. The zero-order valence-electron chi connectivity index (χ0n) is 11.8. The largest absolute Gasteiger partial charge is 0.396 e. The number of β-amino-alcohol motifs (C(OH)–C–C–N with tert-alkyl or cyclic N) is 1. The molecule has 1 saturated heterocycles. The Bertz CT molecular complexity index is 249. The summed E-state index contributed by atoms with van der Waals surface area (Å²) < 4.78 is 0. The lowest BCUT2D eigenvalue weighted by atomic mass is 9.80. The Kier molecular flexibility index (Phi) is 5.05. The van der Waals surface area contributed by atoms with Crippen LogP contribution in [0.5, 0.6) is 0 Å². The van der Waals surface area contributed by atoms with Crippen LogP contribution in [0.25, 0.3) is 0 Å². The average Bonchev–Trinajstić information content (AvgIpc) is 2.60. The molecule has 1 heterocycles. The number of hydrogen-bond acceptors (Lipinski definition) is 3. The molecule has 1 aliphatic heterocycles. The maximum atomic E-state index is 9.99. The van der Waals surface area contributed by atoms with Crippen molar-refractivity contribution in [3.8, 4) is 0 Å². The van der Waals surface area contributed by atoms with Crippen LogP contribution in [0.1, 0.15) is 51.9 Å². The molecule has 2 rings (SSSR count). The van der Waals surface area contributed by atoms with E-state index in [1.165, 1.54) is 25.7 Å². The van der Waals surface area contributed by atoms with Crippen LogP contribution in [0.2, 0.25) is 0 Å². The van der Waals surface area contributed by atoms with Gasteiger partial charge < -0.3 is 15.1 Å². The summed E-state index contributed by atoms with van der Waals surface area (Å²) in [5, 5.41) is 19.8. The van der Waals surface area contributed by atoms with Crippen LogP contribution in [-0.2, 0) is 0 Å². The number of aliphatic hydroxyl groups is 2. The second-order valence-electron chi connectivity index (χ2n) is 6.64. The summed E-state index contributed by atoms with van der Waals surface area (Å²) >= 11 is 0. The van der Waals surface area contributed by atoms with E-state index in [9.17, 15) is 10.2 Å². The van der Waals surface area contributed by atoms with Crippen molar-refractivity contribution in [1.82, 2.24) is 4.90 Å². The first-order valence-corrected chi connectivity index (χ1v) is 7.66. The zero-order valence-corrected chi connectivity index (χ0v) is 11.8. The summed E-state index contributed by atoms with van der Waals surface area (Å²) in [6.07, 6.45) is 8.38. The van der Waals surface area contributed by atoms with Crippen LogP contribution in [0.15, 0.2) is 0 Å². The summed E-state index contributed by atoms with van der Waals surface area (Å²) in [7, 11) is 0. The Labute approximate surface area is 111 Å². The summed E-state index contributed by atoms with van der Waals surface area (Å²) in [6, 6.07) is 0. The van der Waals surface area contributed by atoms with E-state index >= 15 is 0 Å². The summed E-state index contributed by atoms with van der Waals surface area (Å²) in [5.74, 6) is 0.431. The molecule has 0 radical (unpaired) electrons. The second kappa shape index (κ2) is 6.36. The van der Waals surface area contributed by atoms with Gasteiger partial charge in [-0.15, -0.1) is 0 Å². The van der Waals surface area contributed by atoms with Crippen molar-refractivity contribution in [2.24, 2.45) is 11.3 Å². The van der Waals surface area contributed by atoms with Gasteiger partial charge >= 0.3 is 0 Å². The smallest absolute Gasteiger partial charge is 0.0693 e. The molecule has 2 fully saturated rings. The predicted molar refractivity (Wildman–Crippen MR) is 73.4 cm³/mol. The topological polar surface area (TPSA) is 43.7 Å². The minimum absolute atomic E-state index is 0.108. The third kappa shape index (κ3) is 3.46. The lowest BCUT2D eigenvalue weighted by molar-refractivity contribution is -0.00786. The molecule has 0 bridgehead atoms. The van der Waals surface area contributed by atoms with E-state index in [0.717, 1.165) is 38.9 Å². The molecule has 106 valence electrons. The summed E-state index contributed by atoms with van der Waals surface area (Å²) in [5.41, 5.74) is 0.108. The third-order valence-corrected chi connectivity index (χ3v) is 5.06. The van der Waals surface area contributed by atoms with Gasteiger partial charge in [-0.05, 0) is 31.7 Å². The van der Waals surface area contributed by atoms with Gasteiger partial charge in [0.2, 0.25) is 0 Å². The average molecular weight is 255 g/mol. The summed E-state index contributed by atoms with van der Waals surface area (Å²) in [6.45, 7) is 5.31. The van der Waals surface area contributed by atoms with Crippen LogP contribution < -0.4 is 0 Å². The molecule has 0 spiro atoms. The van der Waals surface area contributed by atoms with Gasteiger partial charge in [0.05, 0.1) is 6.10 Å². The van der Waals surface area contributed by atoms with E-state index in [1.54, 1.807) is 0 Å². The van der Waals surface area contributed by atoms with Crippen LogP contribution in [0, 0.1) is 11.3 Å². The van der Waals surface area contributed by atoms with E-state index in [-0.39, 0.29) is 11.5 Å². The van der Waals surface area contributed by atoms with Crippen LogP contribution in [0.3, 0.4) is 0 Å². The van der Waals surface area contributed by atoms with Gasteiger partial charge in [-0.2, -0.15) is 0 Å². The first-order chi connectivity index (χ1) is 8.65.